The van der Waals surface area contributed by atoms with E-state index in [0.29, 0.717) is 32.7 Å². The number of alkyl halides is 1. The highest BCUT2D eigenvalue weighted by Gasteiger charge is 2.44. The van der Waals surface area contributed by atoms with E-state index in [1.165, 1.54) is 17.5 Å². The van der Waals surface area contributed by atoms with Crippen molar-refractivity contribution >= 4 is 17.2 Å². The Hall–Kier alpha value is -3.12. The van der Waals surface area contributed by atoms with E-state index in [1.807, 2.05) is 13.0 Å². The molecule has 0 spiro atoms. The first-order valence-electron chi connectivity index (χ1n) is 13.1. The average molecular weight is 521 g/mol. The first-order chi connectivity index (χ1) is 17.8. The van der Waals surface area contributed by atoms with E-state index in [0.717, 1.165) is 44.9 Å². The minimum Gasteiger partial charge on any atom is -0.507 e. The van der Waals surface area contributed by atoms with E-state index in [-0.39, 0.29) is 29.2 Å². The Kier molecular flexibility index (Phi) is 7.13. The second-order valence-corrected chi connectivity index (χ2v) is 11.9. The standard InChI is InChI=1S/C28H33FN6OS/c1-4-28(3)11-5-6-17(2)25(29)22(13-28)35(19-8-9-19)24-16-31-26(34-33-24)21-10-7-18(12-23(21)36)27-32-15-20(14-30)37-27/h7,10,12,15-17,19,22,25,36H,4-6,8-9,11,13H2,1-3H3/t17?,22-,25+,28-/m1/s1. The van der Waals surface area contributed by atoms with E-state index < -0.39 is 6.17 Å². The molecule has 4 atom stereocenters. The lowest BCUT2D eigenvalue weighted by molar-refractivity contribution is 0.107. The molecule has 0 amide bonds. The summed E-state index contributed by atoms with van der Waals surface area (Å²) in [5, 5.41) is 29.3. The van der Waals surface area contributed by atoms with E-state index >= 15 is 4.39 Å². The number of thiazole rings is 1. The van der Waals surface area contributed by atoms with Crippen molar-refractivity contribution in [3.05, 3.63) is 35.5 Å². The molecule has 2 aliphatic rings. The van der Waals surface area contributed by atoms with Crippen LogP contribution in [-0.4, -0.2) is 43.5 Å². The molecule has 5 rings (SSSR count). The zero-order valence-electron chi connectivity index (χ0n) is 21.6. The molecule has 0 bridgehead atoms. The quantitative estimate of drug-likeness (QED) is 0.394. The van der Waals surface area contributed by atoms with Crippen molar-refractivity contribution in [2.75, 3.05) is 4.90 Å². The fraction of sp³-hybridized carbons (Fsp3) is 0.536. The van der Waals surface area contributed by atoms with Crippen molar-refractivity contribution in [3.8, 4) is 33.8 Å². The number of hydrogen-bond acceptors (Lipinski definition) is 8. The van der Waals surface area contributed by atoms with Crippen LogP contribution in [0, 0.1) is 22.7 Å². The zero-order valence-corrected chi connectivity index (χ0v) is 22.4. The highest BCUT2D eigenvalue weighted by molar-refractivity contribution is 7.15. The molecule has 2 aromatic heterocycles. The second kappa shape index (κ2) is 10.3. The summed E-state index contributed by atoms with van der Waals surface area (Å²) in [6, 6.07) is 7.23. The van der Waals surface area contributed by atoms with Gasteiger partial charge < -0.3 is 10.0 Å². The number of aromatic nitrogens is 4. The van der Waals surface area contributed by atoms with Gasteiger partial charge in [0.15, 0.2) is 11.6 Å². The Bertz CT molecular complexity index is 1290. The van der Waals surface area contributed by atoms with Crippen LogP contribution in [0.3, 0.4) is 0 Å². The molecule has 9 heteroatoms. The third kappa shape index (κ3) is 5.30. The highest BCUT2D eigenvalue weighted by atomic mass is 32.1. The number of phenols is 1. The molecule has 0 aliphatic heterocycles. The maximum absolute atomic E-state index is 15.9. The van der Waals surface area contributed by atoms with Gasteiger partial charge in [-0.15, -0.1) is 21.5 Å². The zero-order chi connectivity index (χ0) is 26.2. The minimum absolute atomic E-state index is 0.00498. The summed E-state index contributed by atoms with van der Waals surface area (Å²) < 4.78 is 15.9. The fourth-order valence-electron chi connectivity index (χ4n) is 5.49. The van der Waals surface area contributed by atoms with Crippen LogP contribution in [0.1, 0.15) is 70.6 Å². The number of rotatable bonds is 6. The molecule has 1 N–H and O–H groups in total. The SMILES string of the molecule is CC[C@]1(C)CCCC(C)[C@H](F)[C@H](N(c2cnc(-c3ccc(-c4ncc(C#N)s4)cc3O)nn2)C2CC2)C1. The molecule has 2 heterocycles. The largest absolute Gasteiger partial charge is 0.507 e. The van der Waals surface area contributed by atoms with Gasteiger partial charge in [0.1, 0.15) is 27.9 Å². The van der Waals surface area contributed by atoms with Crippen molar-refractivity contribution in [2.24, 2.45) is 11.3 Å². The molecule has 3 aromatic rings. The topological polar surface area (TPSA) is 98.8 Å². The summed E-state index contributed by atoms with van der Waals surface area (Å²) in [7, 11) is 0. The number of nitriles is 1. The summed E-state index contributed by atoms with van der Waals surface area (Å²) >= 11 is 1.26. The Labute approximate surface area is 221 Å². The van der Waals surface area contributed by atoms with Crippen LogP contribution in [0.4, 0.5) is 10.2 Å². The van der Waals surface area contributed by atoms with Crippen molar-refractivity contribution in [1.82, 2.24) is 20.2 Å². The van der Waals surface area contributed by atoms with Gasteiger partial charge in [-0.1, -0.05) is 39.7 Å². The van der Waals surface area contributed by atoms with Gasteiger partial charge in [0.05, 0.1) is 24.0 Å². The van der Waals surface area contributed by atoms with Crippen LogP contribution < -0.4 is 4.90 Å². The minimum atomic E-state index is -0.933. The Morgan fingerprint density at radius 3 is 2.65 bits per heavy atom. The molecule has 194 valence electrons. The molecule has 2 aliphatic carbocycles. The summed E-state index contributed by atoms with van der Waals surface area (Å²) in [5.41, 5.74) is 1.27. The van der Waals surface area contributed by atoms with Crippen LogP contribution in [0.15, 0.2) is 30.6 Å². The Morgan fingerprint density at radius 2 is 2.03 bits per heavy atom. The van der Waals surface area contributed by atoms with Crippen molar-refractivity contribution < 1.29 is 9.50 Å². The van der Waals surface area contributed by atoms with Crippen molar-refractivity contribution in [2.45, 2.75) is 84.0 Å². The number of nitrogens with zero attached hydrogens (tertiary/aromatic N) is 6. The molecule has 1 unspecified atom stereocenters. The number of phenolic OH excluding ortho intramolecular Hbond substituents is 1. The van der Waals surface area contributed by atoms with Crippen molar-refractivity contribution in [3.63, 3.8) is 0 Å². The first-order valence-corrected chi connectivity index (χ1v) is 14.0. The molecule has 37 heavy (non-hydrogen) atoms. The van der Waals surface area contributed by atoms with Gasteiger partial charge in [0.2, 0.25) is 0 Å². The maximum Gasteiger partial charge on any atom is 0.185 e. The normalized spacial score (nSPS) is 26.2. The predicted molar refractivity (Wildman–Crippen MR) is 143 cm³/mol. The first kappa shape index (κ1) is 25.5. The number of halogens is 1. The van der Waals surface area contributed by atoms with Gasteiger partial charge in [0, 0.05) is 11.6 Å². The van der Waals surface area contributed by atoms with E-state index in [4.69, 9.17) is 5.26 Å². The number of aromatic hydroxyl groups is 1. The van der Waals surface area contributed by atoms with Gasteiger partial charge in [-0.2, -0.15) is 5.26 Å². The van der Waals surface area contributed by atoms with Gasteiger partial charge in [-0.3, -0.25) is 0 Å². The van der Waals surface area contributed by atoms with Crippen LogP contribution in [0.5, 0.6) is 5.75 Å². The monoisotopic (exact) mass is 520 g/mol. The average Bonchev–Trinajstić information content (AvgIpc) is 3.62. The van der Waals surface area contributed by atoms with E-state index in [2.05, 4.69) is 45.0 Å². The second-order valence-electron chi connectivity index (χ2n) is 10.9. The van der Waals surface area contributed by atoms with E-state index in [9.17, 15) is 5.11 Å². The highest BCUT2D eigenvalue weighted by Crippen LogP contribution is 2.44. The maximum atomic E-state index is 15.9. The lowest BCUT2D eigenvalue weighted by Gasteiger charge is -2.44. The molecule has 2 saturated carbocycles. The predicted octanol–water partition coefficient (Wildman–Crippen LogP) is 6.54. The van der Waals surface area contributed by atoms with Gasteiger partial charge >= 0.3 is 0 Å². The summed E-state index contributed by atoms with van der Waals surface area (Å²) in [6.07, 6.45) is 9.22. The van der Waals surface area contributed by atoms with Crippen LogP contribution >= 0.6 is 11.3 Å². The number of benzene rings is 1. The summed E-state index contributed by atoms with van der Waals surface area (Å²) in [5.74, 6) is 0.927. The summed E-state index contributed by atoms with van der Waals surface area (Å²) in [6.45, 7) is 6.53. The van der Waals surface area contributed by atoms with Gasteiger partial charge in [0.25, 0.3) is 0 Å². The summed E-state index contributed by atoms with van der Waals surface area (Å²) in [4.78, 5) is 11.5. The Balaban J connectivity index is 1.42. The molecular weight excluding hydrogens is 487 g/mol. The van der Waals surface area contributed by atoms with Gasteiger partial charge in [-0.25, -0.2) is 14.4 Å². The fourth-order valence-corrected chi connectivity index (χ4v) is 6.20. The Morgan fingerprint density at radius 1 is 1.22 bits per heavy atom. The van der Waals surface area contributed by atoms with E-state index in [1.54, 1.807) is 18.3 Å². The van der Waals surface area contributed by atoms with Crippen LogP contribution in [0.25, 0.3) is 22.0 Å². The lowest BCUT2D eigenvalue weighted by atomic mass is 9.71. The van der Waals surface area contributed by atoms with Gasteiger partial charge in [-0.05, 0) is 55.6 Å². The molecule has 7 nitrogen and oxygen atoms in total. The molecule has 0 radical (unpaired) electrons. The lowest BCUT2D eigenvalue weighted by Crippen LogP contribution is -2.49. The van der Waals surface area contributed by atoms with Crippen LogP contribution in [-0.2, 0) is 0 Å². The van der Waals surface area contributed by atoms with Crippen LogP contribution in [0.2, 0.25) is 0 Å². The molecule has 1 aromatic carbocycles. The molecular formula is C28H33FN6OS. The smallest absolute Gasteiger partial charge is 0.185 e. The number of hydrogen-bond donors (Lipinski definition) is 1. The third-order valence-corrected chi connectivity index (χ3v) is 9.07. The molecule has 2 fully saturated rings. The molecule has 0 saturated heterocycles. The van der Waals surface area contributed by atoms with Crippen molar-refractivity contribution in [1.29, 1.82) is 5.26 Å². The number of anilines is 1. The third-order valence-electron chi connectivity index (χ3n) is 8.12.